The maximum Gasteiger partial charge on any atom is 0.410 e. The van der Waals surface area contributed by atoms with Crippen molar-refractivity contribution in [1.82, 2.24) is 10.1 Å². The molecule has 256 valence electrons. The van der Waals surface area contributed by atoms with Crippen molar-refractivity contribution < 1.29 is 23.2 Å². The second-order valence-electron chi connectivity index (χ2n) is 15.7. The quantitative estimate of drug-likeness (QED) is 0.150. The smallest absolute Gasteiger partial charge is 0.410 e. The van der Waals surface area contributed by atoms with Gasteiger partial charge < -0.3 is 23.3 Å². The zero-order chi connectivity index (χ0) is 33.9. The van der Waals surface area contributed by atoms with Crippen LogP contribution >= 0.6 is 0 Å². The topological polar surface area (TPSA) is 74.0 Å². The Morgan fingerprint density at radius 2 is 1.50 bits per heavy atom. The summed E-state index contributed by atoms with van der Waals surface area (Å²) in [5, 5.41) is 7.97. The molecule has 1 saturated heterocycles. The van der Waals surface area contributed by atoms with Crippen LogP contribution < -0.4 is 15.1 Å². The van der Waals surface area contributed by atoms with Crippen molar-refractivity contribution in [2.45, 2.75) is 97.3 Å². The number of likely N-dealkylation sites (tertiary alicyclic amines) is 1. The highest BCUT2D eigenvalue weighted by Crippen LogP contribution is 2.39. The first-order valence-electron chi connectivity index (χ1n) is 17.7. The van der Waals surface area contributed by atoms with Crippen LogP contribution in [0, 0.1) is 11.8 Å². The largest absolute Gasteiger partial charge is 0.493 e. The summed E-state index contributed by atoms with van der Waals surface area (Å²) in [4.78, 5) is 14.4. The van der Waals surface area contributed by atoms with Crippen LogP contribution in [0.15, 0.2) is 77.3 Å². The van der Waals surface area contributed by atoms with E-state index in [-0.39, 0.29) is 11.1 Å². The number of fused-ring (bicyclic) bond motifs is 1. The fraction of sp³-hybridized carbons (Fsp3) is 0.500. The van der Waals surface area contributed by atoms with Crippen molar-refractivity contribution in [3.05, 3.63) is 84.1 Å². The standard InChI is InChI=1S/C40H52N2O5Si/c1-39(2,3)46-38(43)42-23-21-29(22-24-42)19-20-35-34-25-31(36(26-37(34)47-41-35)44-27-30-17-18-30)28-45-48(40(4,5)6,32-13-9-7-10-14-32)33-15-11-8-12-16-33/h7-16,25-26,29-30H,17-24,27-28H2,1-6H3. The van der Waals surface area contributed by atoms with Crippen LogP contribution in [0.5, 0.6) is 5.75 Å². The minimum absolute atomic E-state index is 0.129. The predicted octanol–water partition coefficient (Wildman–Crippen LogP) is 8.27. The van der Waals surface area contributed by atoms with Gasteiger partial charge in [-0.2, -0.15) is 0 Å². The first kappa shape index (κ1) is 34.2. The van der Waals surface area contributed by atoms with E-state index >= 15 is 0 Å². The molecule has 0 bridgehead atoms. The van der Waals surface area contributed by atoms with Gasteiger partial charge in [-0.1, -0.05) is 86.6 Å². The van der Waals surface area contributed by atoms with Gasteiger partial charge in [0.25, 0.3) is 8.32 Å². The van der Waals surface area contributed by atoms with Crippen LogP contribution in [-0.4, -0.2) is 49.8 Å². The zero-order valence-corrected chi connectivity index (χ0v) is 30.6. The first-order valence-corrected chi connectivity index (χ1v) is 19.6. The minimum atomic E-state index is -2.75. The van der Waals surface area contributed by atoms with Crippen LogP contribution in [0.2, 0.25) is 5.04 Å². The minimum Gasteiger partial charge on any atom is -0.493 e. The molecule has 4 aromatic rings. The second kappa shape index (κ2) is 14.1. The lowest BCUT2D eigenvalue weighted by atomic mass is 9.91. The van der Waals surface area contributed by atoms with Gasteiger partial charge in [-0.05, 0) is 92.6 Å². The lowest BCUT2D eigenvalue weighted by Gasteiger charge is -2.43. The SMILES string of the molecule is CC(C)(C)OC(=O)N1CCC(CCc2noc3cc(OCC4CC4)c(CO[Si](c4ccccc4)(c4ccccc4)C(C)(C)C)cc23)CC1. The Morgan fingerprint density at radius 3 is 2.06 bits per heavy atom. The van der Waals surface area contributed by atoms with Gasteiger partial charge in [0.1, 0.15) is 11.4 Å². The summed E-state index contributed by atoms with van der Waals surface area (Å²) in [6.45, 7) is 15.3. The molecule has 7 nitrogen and oxygen atoms in total. The molecular formula is C40H52N2O5Si. The van der Waals surface area contributed by atoms with Crippen molar-refractivity contribution in [3.63, 3.8) is 0 Å². The summed E-state index contributed by atoms with van der Waals surface area (Å²) in [6, 6.07) is 25.8. The number of hydrogen-bond donors (Lipinski definition) is 0. The van der Waals surface area contributed by atoms with Crippen LogP contribution in [0.3, 0.4) is 0 Å². The maximum atomic E-state index is 12.6. The molecule has 2 aliphatic rings. The molecule has 1 amide bonds. The van der Waals surface area contributed by atoms with Crippen LogP contribution in [0.1, 0.15) is 84.9 Å². The van der Waals surface area contributed by atoms with E-state index in [0.29, 0.717) is 25.0 Å². The number of benzene rings is 3. The number of nitrogens with zero attached hydrogens (tertiary/aromatic N) is 2. The van der Waals surface area contributed by atoms with E-state index < -0.39 is 13.9 Å². The number of ether oxygens (including phenoxy) is 2. The summed E-state index contributed by atoms with van der Waals surface area (Å²) >= 11 is 0. The Morgan fingerprint density at radius 1 is 0.875 bits per heavy atom. The predicted molar refractivity (Wildman–Crippen MR) is 193 cm³/mol. The Hall–Kier alpha value is -3.62. The summed E-state index contributed by atoms with van der Waals surface area (Å²) < 4.78 is 25.3. The third-order valence-corrected chi connectivity index (χ3v) is 14.8. The number of hydrogen-bond acceptors (Lipinski definition) is 6. The summed E-state index contributed by atoms with van der Waals surface area (Å²) in [7, 11) is -2.75. The molecule has 6 rings (SSSR count). The highest BCUT2D eigenvalue weighted by molar-refractivity contribution is 6.99. The molecule has 0 spiro atoms. The van der Waals surface area contributed by atoms with E-state index in [1.807, 2.05) is 31.7 Å². The molecular weight excluding hydrogens is 617 g/mol. The average Bonchev–Trinajstić information content (AvgIpc) is 3.81. The molecule has 1 aliphatic carbocycles. The lowest BCUT2D eigenvalue weighted by Crippen LogP contribution is -2.66. The average molecular weight is 669 g/mol. The normalized spacial score (nSPS) is 16.3. The van der Waals surface area contributed by atoms with Gasteiger partial charge >= 0.3 is 6.09 Å². The number of carbonyl (C=O) groups is 1. The summed E-state index contributed by atoms with van der Waals surface area (Å²) in [5.74, 6) is 1.97. The van der Waals surface area contributed by atoms with Crippen molar-refractivity contribution in [2.75, 3.05) is 19.7 Å². The summed E-state index contributed by atoms with van der Waals surface area (Å²) in [6.07, 6.45) is 5.98. The van der Waals surface area contributed by atoms with Crippen LogP contribution in [-0.2, 0) is 22.2 Å². The van der Waals surface area contributed by atoms with Gasteiger partial charge in [-0.15, -0.1) is 0 Å². The number of amides is 1. The monoisotopic (exact) mass is 668 g/mol. The third kappa shape index (κ3) is 7.81. The Bertz CT molecular complexity index is 1620. The molecule has 3 aromatic carbocycles. The zero-order valence-electron chi connectivity index (χ0n) is 29.6. The fourth-order valence-corrected chi connectivity index (χ4v) is 11.5. The number of aryl methyl sites for hydroxylation is 1. The van der Waals surface area contributed by atoms with Gasteiger partial charge in [0.15, 0.2) is 5.58 Å². The molecule has 0 N–H and O–H groups in total. The Balaban J connectivity index is 1.24. The van der Waals surface area contributed by atoms with Gasteiger partial charge in [-0.25, -0.2) is 4.79 Å². The Labute approximate surface area is 287 Å². The van der Waals surface area contributed by atoms with Gasteiger partial charge in [-0.3, -0.25) is 0 Å². The molecule has 0 radical (unpaired) electrons. The van der Waals surface area contributed by atoms with Gasteiger partial charge in [0.2, 0.25) is 0 Å². The molecule has 8 heteroatoms. The molecule has 0 atom stereocenters. The molecule has 1 aromatic heterocycles. The molecule has 48 heavy (non-hydrogen) atoms. The second-order valence-corrected chi connectivity index (χ2v) is 20.0. The van der Waals surface area contributed by atoms with Crippen molar-refractivity contribution in [1.29, 1.82) is 0 Å². The number of aromatic nitrogens is 1. The van der Waals surface area contributed by atoms with Crippen molar-refractivity contribution in [2.24, 2.45) is 11.8 Å². The first-order chi connectivity index (χ1) is 22.9. The van der Waals surface area contributed by atoms with E-state index in [2.05, 4.69) is 92.7 Å². The summed E-state index contributed by atoms with van der Waals surface area (Å²) in [5.41, 5.74) is 2.28. The fourth-order valence-electron chi connectivity index (χ4n) is 7.00. The number of piperidine rings is 1. The van der Waals surface area contributed by atoms with E-state index in [9.17, 15) is 4.79 Å². The van der Waals surface area contributed by atoms with Crippen molar-refractivity contribution >= 4 is 35.8 Å². The van der Waals surface area contributed by atoms with E-state index in [4.69, 9.17) is 18.4 Å². The maximum absolute atomic E-state index is 12.6. The highest BCUT2D eigenvalue weighted by Gasteiger charge is 2.50. The third-order valence-electron chi connectivity index (χ3n) is 9.82. The molecule has 1 saturated carbocycles. The van der Waals surface area contributed by atoms with Gasteiger partial charge in [0, 0.05) is 30.1 Å². The molecule has 1 aliphatic heterocycles. The molecule has 2 fully saturated rings. The van der Waals surface area contributed by atoms with E-state index in [1.165, 1.54) is 23.2 Å². The van der Waals surface area contributed by atoms with Crippen LogP contribution in [0.25, 0.3) is 11.0 Å². The Kier molecular flexibility index (Phi) is 10.0. The highest BCUT2D eigenvalue weighted by atomic mass is 28.4. The molecule has 2 heterocycles. The number of carbonyl (C=O) groups excluding carboxylic acids is 1. The van der Waals surface area contributed by atoms with E-state index in [1.54, 1.807) is 0 Å². The van der Waals surface area contributed by atoms with Gasteiger partial charge in [0.05, 0.1) is 18.9 Å². The van der Waals surface area contributed by atoms with E-state index in [0.717, 1.165) is 66.7 Å². The molecule has 0 unspecified atom stereocenters. The number of rotatable bonds is 11. The van der Waals surface area contributed by atoms with Crippen molar-refractivity contribution in [3.8, 4) is 5.75 Å². The lowest BCUT2D eigenvalue weighted by molar-refractivity contribution is 0.0181. The van der Waals surface area contributed by atoms with Crippen LogP contribution in [0.4, 0.5) is 4.79 Å².